The summed E-state index contributed by atoms with van der Waals surface area (Å²) in [6, 6.07) is 8.04. The van der Waals surface area contributed by atoms with Crippen molar-refractivity contribution in [3.63, 3.8) is 0 Å². The smallest absolute Gasteiger partial charge is 0.417 e. The zero-order valence-corrected chi connectivity index (χ0v) is 17.5. The molecule has 0 saturated carbocycles. The number of benzene rings is 2. The van der Waals surface area contributed by atoms with Gasteiger partial charge < -0.3 is 15.4 Å². The molecule has 2 aromatic carbocycles. The zero-order valence-electron chi connectivity index (χ0n) is 16.7. The molecule has 1 heterocycles. The average Bonchev–Trinajstić information content (AvgIpc) is 2.76. The van der Waals surface area contributed by atoms with Gasteiger partial charge in [0.05, 0.1) is 10.6 Å². The molecule has 3 aromatic rings. The first-order chi connectivity index (χ1) is 15.6. The number of anilines is 2. The molecular formula is C20H15ClF3N5O4. The minimum atomic E-state index is -4.66. The summed E-state index contributed by atoms with van der Waals surface area (Å²) < 4.78 is 44.5. The van der Waals surface area contributed by atoms with Crippen molar-refractivity contribution in [3.05, 3.63) is 70.6 Å². The summed E-state index contributed by atoms with van der Waals surface area (Å²) >= 11 is 5.57. The Bertz CT molecular complexity index is 1210. The molecule has 33 heavy (non-hydrogen) atoms. The van der Waals surface area contributed by atoms with Crippen molar-refractivity contribution in [2.45, 2.75) is 13.1 Å². The molecule has 0 atom stereocenters. The topological polar surface area (TPSA) is 125 Å². The maximum absolute atomic E-state index is 13.0. The minimum absolute atomic E-state index is 0.0321. The molecule has 0 bridgehead atoms. The molecule has 0 aliphatic rings. The van der Waals surface area contributed by atoms with Crippen LogP contribution in [-0.4, -0.2) is 27.1 Å². The number of hydroxylamine groups is 1. The molecule has 0 saturated heterocycles. The lowest BCUT2D eigenvalue weighted by Gasteiger charge is -2.14. The Morgan fingerprint density at radius 2 is 1.82 bits per heavy atom. The highest BCUT2D eigenvalue weighted by Gasteiger charge is 2.33. The Morgan fingerprint density at radius 3 is 2.48 bits per heavy atom. The lowest BCUT2D eigenvalue weighted by molar-refractivity contribution is -0.137. The quantitative estimate of drug-likeness (QED) is 0.300. The predicted molar refractivity (Wildman–Crippen MR) is 112 cm³/mol. The summed E-state index contributed by atoms with van der Waals surface area (Å²) in [5.41, 5.74) is 1.10. The first kappa shape index (κ1) is 23.8. The van der Waals surface area contributed by atoms with Crippen LogP contribution in [0.2, 0.25) is 5.02 Å². The number of amides is 3. The predicted octanol–water partition coefficient (Wildman–Crippen LogP) is 5.01. The molecule has 0 unspecified atom stereocenters. The SMILES string of the molecule is Cc1cc(Oc2cc(C(=O)NO)ncn2)ccc1NC(=O)Nc1ccc(Cl)c(C(F)(F)F)c1. The van der Waals surface area contributed by atoms with Crippen LogP contribution in [0.3, 0.4) is 0 Å². The molecule has 172 valence electrons. The minimum Gasteiger partial charge on any atom is -0.439 e. The molecule has 0 fully saturated rings. The first-order valence-corrected chi connectivity index (χ1v) is 9.44. The van der Waals surface area contributed by atoms with Crippen molar-refractivity contribution in [2.24, 2.45) is 0 Å². The molecule has 1 aromatic heterocycles. The van der Waals surface area contributed by atoms with Crippen LogP contribution in [-0.2, 0) is 6.18 Å². The molecular weight excluding hydrogens is 467 g/mol. The van der Waals surface area contributed by atoms with E-state index >= 15 is 0 Å². The Labute approximate surface area is 189 Å². The third kappa shape index (κ3) is 6.08. The van der Waals surface area contributed by atoms with Crippen LogP contribution in [0, 0.1) is 6.92 Å². The number of carbonyl (C=O) groups is 2. The van der Waals surface area contributed by atoms with Gasteiger partial charge in [-0.15, -0.1) is 0 Å². The van der Waals surface area contributed by atoms with Gasteiger partial charge in [-0.2, -0.15) is 13.2 Å². The van der Waals surface area contributed by atoms with E-state index in [9.17, 15) is 22.8 Å². The molecule has 13 heteroatoms. The van der Waals surface area contributed by atoms with Gasteiger partial charge in [-0.05, 0) is 48.9 Å². The summed E-state index contributed by atoms with van der Waals surface area (Å²) in [6.07, 6.45) is -3.59. The van der Waals surface area contributed by atoms with Gasteiger partial charge in [0.15, 0.2) is 0 Å². The number of nitrogens with one attached hydrogen (secondary N) is 3. The van der Waals surface area contributed by atoms with Crippen LogP contribution in [0.4, 0.5) is 29.3 Å². The van der Waals surface area contributed by atoms with Crippen molar-refractivity contribution >= 4 is 34.9 Å². The van der Waals surface area contributed by atoms with E-state index in [2.05, 4.69) is 20.6 Å². The largest absolute Gasteiger partial charge is 0.439 e. The van der Waals surface area contributed by atoms with E-state index in [1.54, 1.807) is 13.0 Å². The number of hydrogen-bond acceptors (Lipinski definition) is 6. The number of urea groups is 1. The van der Waals surface area contributed by atoms with Gasteiger partial charge in [0.2, 0.25) is 5.88 Å². The van der Waals surface area contributed by atoms with Gasteiger partial charge in [-0.3, -0.25) is 10.0 Å². The van der Waals surface area contributed by atoms with Gasteiger partial charge in [0.25, 0.3) is 5.91 Å². The first-order valence-electron chi connectivity index (χ1n) is 9.06. The number of nitrogens with zero attached hydrogens (tertiary/aromatic N) is 2. The monoisotopic (exact) mass is 481 g/mol. The van der Waals surface area contributed by atoms with Gasteiger partial charge in [-0.25, -0.2) is 20.2 Å². The lowest BCUT2D eigenvalue weighted by Crippen LogP contribution is -2.20. The summed E-state index contributed by atoms with van der Waals surface area (Å²) in [5.74, 6) is -0.489. The number of hydrogen-bond donors (Lipinski definition) is 4. The fourth-order valence-electron chi connectivity index (χ4n) is 2.64. The second-order valence-corrected chi connectivity index (χ2v) is 6.94. The summed E-state index contributed by atoms with van der Waals surface area (Å²) in [6.45, 7) is 1.66. The lowest BCUT2D eigenvalue weighted by atomic mass is 10.2. The Kier molecular flexibility index (Phi) is 6.99. The number of rotatable bonds is 5. The van der Waals surface area contributed by atoms with Crippen molar-refractivity contribution in [1.29, 1.82) is 0 Å². The van der Waals surface area contributed by atoms with Crippen LogP contribution in [0.5, 0.6) is 11.6 Å². The molecule has 0 aliphatic heterocycles. The van der Waals surface area contributed by atoms with Gasteiger partial charge in [0, 0.05) is 17.4 Å². The number of alkyl halides is 3. The third-order valence-corrected chi connectivity index (χ3v) is 4.50. The second-order valence-electron chi connectivity index (χ2n) is 6.53. The fourth-order valence-corrected chi connectivity index (χ4v) is 2.87. The highest BCUT2D eigenvalue weighted by atomic mass is 35.5. The van der Waals surface area contributed by atoms with Crippen LogP contribution in [0.15, 0.2) is 48.8 Å². The van der Waals surface area contributed by atoms with E-state index < -0.39 is 28.7 Å². The second kappa shape index (κ2) is 9.71. The fraction of sp³-hybridized carbons (Fsp3) is 0.100. The highest BCUT2D eigenvalue weighted by molar-refractivity contribution is 6.31. The van der Waals surface area contributed by atoms with Crippen molar-refractivity contribution in [3.8, 4) is 11.6 Å². The maximum Gasteiger partial charge on any atom is 0.417 e. The Morgan fingerprint density at radius 1 is 1.06 bits per heavy atom. The van der Waals surface area contributed by atoms with Gasteiger partial charge in [-0.1, -0.05) is 11.6 Å². The average molecular weight is 482 g/mol. The zero-order chi connectivity index (χ0) is 24.2. The van der Waals surface area contributed by atoms with E-state index in [4.69, 9.17) is 21.5 Å². The summed E-state index contributed by atoms with van der Waals surface area (Å²) in [7, 11) is 0. The number of aromatic nitrogens is 2. The van der Waals surface area contributed by atoms with Gasteiger partial charge in [0.1, 0.15) is 17.8 Å². The van der Waals surface area contributed by atoms with Crippen LogP contribution < -0.4 is 20.9 Å². The van der Waals surface area contributed by atoms with Crippen molar-refractivity contribution in [1.82, 2.24) is 15.4 Å². The standard InChI is InChI=1S/C20H15ClF3N5O4/c1-10-6-12(33-17-8-16(18(30)29-32)25-9-26-17)3-5-15(10)28-19(31)27-11-2-4-14(21)13(7-11)20(22,23)24/h2-9,32H,1H3,(H,29,30)(H2,27,28,31). The molecule has 3 rings (SSSR count). The summed E-state index contributed by atoms with van der Waals surface area (Å²) in [4.78, 5) is 31.2. The highest BCUT2D eigenvalue weighted by Crippen LogP contribution is 2.36. The van der Waals surface area contributed by atoms with E-state index in [0.29, 0.717) is 17.0 Å². The summed E-state index contributed by atoms with van der Waals surface area (Å²) in [5, 5.41) is 13.0. The molecule has 0 spiro atoms. The third-order valence-electron chi connectivity index (χ3n) is 4.17. The van der Waals surface area contributed by atoms with Crippen LogP contribution in [0.1, 0.15) is 21.6 Å². The van der Waals surface area contributed by atoms with E-state index in [-0.39, 0.29) is 17.3 Å². The van der Waals surface area contributed by atoms with Crippen molar-refractivity contribution in [2.75, 3.05) is 10.6 Å². The van der Waals surface area contributed by atoms with Crippen LogP contribution in [0.25, 0.3) is 0 Å². The number of aryl methyl sites for hydroxylation is 1. The maximum atomic E-state index is 13.0. The molecule has 3 amide bonds. The number of ether oxygens (including phenoxy) is 1. The molecule has 0 radical (unpaired) electrons. The van der Waals surface area contributed by atoms with Crippen molar-refractivity contribution < 1.29 is 32.7 Å². The van der Waals surface area contributed by atoms with E-state index in [0.717, 1.165) is 18.5 Å². The Balaban J connectivity index is 1.68. The Hall–Kier alpha value is -3.90. The van der Waals surface area contributed by atoms with Gasteiger partial charge >= 0.3 is 12.2 Å². The van der Waals surface area contributed by atoms with E-state index in [1.165, 1.54) is 29.7 Å². The molecule has 9 nitrogen and oxygen atoms in total. The number of carbonyl (C=O) groups excluding carboxylic acids is 2. The normalized spacial score (nSPS) is 11.0. The number of halogens is 4. The molecule has 4 N–H and O–H groups in total. The van der Waals surface area contributed by atoms with Crippen LogP contribution >= 0.6 is 11.6 Å². The molecule has 0 aliphatic carbocycles. The van der Waals surface area contributed by atoms with E-state index in [1.807, 2.05) is 0 Å².